The van der Waals surface area contributed by atoms with Gasteiger partial charge in [0, 0.05) is 11.1 Å². The zero-order chi connectivity index (χ0) is 12.4. The first-order valence-corrected chi connectivity index (χ1v) is 6.37. The van der Waals surface area contributed by atoms with Crippen molar-refractivity contribution < 1.29 is 14.7 Å². The van der Waals surface area contributed by atoms with Gasteiger partial charge < -0.3 is 10.4 Å². The second kappa shape index (κ2) is 4.83. The summed E-state index contributed by atoms with van der Waals surface area (Å²) in [5.74, 6) is -1.92. The summed E-state index contributed by atoms with van der Waals surface area (Å²) >= 11 is 1.49. The number of hydrogen-bond donors (Lipinski definition) is 2. The summed E-state index contributed by atoms with van der Waals surface area (Å²) in [6.45, 7) is 2.29. The van der Waals surface area contributed by atoms with Crippen molar-refractivity contribution in [3.63, 3.8) is 0 Å². The average Bonchev–Trinajstić information content (AvgIpc) is 2.58. The Kier molecular flexibility index (Phi) is 3.42. The minimum absolute atomic E-state index is 0.170. The fraction of sp³-hybridized carbons (Fsp3) is 0.545. The molecule has 1 aliphatic rings. The summed E-state index contributed by atoms with van der Waals surface area (Å²) in [7, 11) is 0. The van der Waals surface area contributed by atoms with Gasteiger partial charge in [-0.2, -0.15) is 0 Å². The van der Waals surface area contributed by atoms with Crippen LogP contribution in [0.1, 0.15) is 23.5 Å². The lowest BCUT2D eigenvalue weighted by atomic mass is 9.73. The van der Waals surface area contributed by atoms with Crippen LogP contribution in [0.5, 0.6) is 0 Å². The van der Waals surface area contributed by atoms with Crippen LogP contribution in [0.4, 0.5) is 0 Å². The quantitative estimate of drug-likeness (QED) is 0.845. The van der Waals surface area contributed by atoms with E-state index in [-0.39, 0.29) is 11.8 Å². The molecule has 0 spiro atoms. The molecule has 1 aromatic rings. The normalized spacial score (nSPS) is 22.9. The monoisotopic (exact) mass is 254 g/mol. The lowest BCUT2D eigenvalue weighted by Crippen LogP contribution is -2.43. The Morgan fingerprint density at radius 3 is 2.71 bits per heavy atom. The summed E-state index contributed by atoms with van der Waals surface area (Å²) in [6.07, 6.45) is 1.27. The van der Waals surface area contributed by atoms with Crippen LogP contribution in [0.25, 0.3) is 0 Å². The number of nitrogens with zero attached hydrogens (tertiary/aromatic N) is 1. The Bertz CT molecular complexity index is 444. The molecule has 1 heterocycles. The Hall–Kier alpha value is -1.43. The first-order valence-electron chi connectivity index (χ1n) is 5.49. The predicted molar refractivity (Wildman–Crippen MR) is 62.5 cm³/mol. The number of amides is 1. The van der Waals surface area contributed by atoms with Gasteiger partial charge in [0.2, 0.25) is 5.91 Å². The van der Waals surface area contributed by atoms with Crippen molar-refractivity contribution in [1.82, 2.24) is 10.3 Å². The molecular formula is C11H14N2O3S. The highest BCUT2D eigenvalue weighted by atomic mass is 32.1. The predicted octanol–water partition coefficient (Wildman–Crippen LogP) is 1.18. The fourth-order valence-electron chi connectivity index (χ4n) is 1.89. The highest BCUT2D eigenvalue weighted by Crippen LogP contribution is 2.34. The van der Waals surface area contributed by atoms with Crippen LogP contribution in [0.3, 0.4) is 0 Å². The van der Waals surface area contributed by atoms with E-state index in [1.54, 1.807) is 0 Å². The molecule has 1 fully saturated rings. The Labute approximate surface area is 103 Å². The molecule has 0 radical (unpaired) electrons. The van der Waals surface area contributed by atoms with E-state index in [0.717, 1.165) is 10.7 Å². The van der Waals surface area contributed by atoms with Gasteiger partial charge in [0.05, 0.1) is 18.4 Å². The van der Waals surface area contributed by atoms with Crippen molar-refractivity contribution in [2.75, 3.05) is 0 Å². The van der Waals surface area contributed by atoms with Crippen LogP contribution < -0.4 is 5.32 Å². The van der Waals surface area contributed by atoms with E-state index in [1.165, 1.54) is 11.3 Å². The Morgan fingerprint density at radius 1 is 1.53 bits per heavy atom. The SMILES string of the molecule is Cc1csc(CNC(=O)C2CCC2C(=O)O)n1. The summed E-state index contributed by atoms with van der Waals surface area (Å²) in [6, 6.07) is 0. The largest absolute Gasteiger partial charge is 0.481 e. The van der Waals surface area contributed by atoms with E-state index in [1.807, 2.05) is 12.3 Å². The number of aliphatic carboxylic acids is 1. The van der Waals surface area contributed by atoms with Crippen LogP contribution in [-0.4, -0.2) is 22.0 Å². The van der Waals surface area contributed by atoms with Crippen molar-refractivity contribution in [1.29, 1.82) is 0 Å². The molecule has 1 aromatic heterocycles. The number of carboxylic acids is 1. The third-order valence-electron chi connectivity index (χ3n) is 3.01. The van der Waals surface area contributed by atoms with Gasteiger partial charge in [0.1, 0.15) is 5.01 Å². The molecule has 1 aliphatic carbocycles. The standard InChI is InChI=1S/C11H14N2O3S/c1-6-5-17-9(13-6)4-12-10(14)7-2-3-8(7)11(15)16/h5,7-8H,2-4H2,1H3,(H,12,14)(H,15,16). The maximum absolute atomic E-state index is 11.7. The van der Waals surface area contributed by atoms with Crippen molar-refractivity contribution >= 4 is 23.2 Å². The lowest BCUT2D eigenvalue weighted by molar-refractivity contribution is -0.152. The van der Waals surface area contributed by atoms with E-state index in [9.17, 15) is 9.59 Å². The molecule has 2 unspecified atom stereocenters. The third kappa shape index (κ3) is 2.63. The van der Waals surface area contributed by atoms with Gasteiger partial charge in [0.15, 0.2) is 0 Å². The van der Waals surface area contributed by atoms with E-state index in [0.29, 0.717) is 19.4 Å². The smallest absolute Gasteiger partial charge is 0.307 e. The molecule has 2 N–H and O–H groups in total. The molecule has 0 saturated heterocycles. The number of carbonyl (C=O) groups is 2. The third-order valence-corrected chi connectivity index (χ3v) is 3.98. The van der Waals surface area contributed by atoms with Crippen LogP contribution in [-0.2, 0) is 16.1 Å². The minimum atomic E-state index is -0.874. The van der Waals surface area contributed by atoms with Crippen molar-refractivity contribution in [2.45, 2.75) is 26.3 Å². The molecule has 17 heavy (non-hydrogen) atoms. The van der Waals surface area contributed by atoms with Gasteiger partial charge in [-0.15, -0.1) is 11.3 Å². The van der Waals surface area contributed by atoms with Gasteiger partial charge in [-0.1, -0.05) is 0 Å². The van der Waals surface area contributed by atoms with Crippen molar-refractivity contribution in [3.8, 4) is 0 Å². The van der Waals surface area contributed by atoms with E-state index < -0.39 is 11.9 Å². The second-order valence-electron chi connectivity index (χ2n) is 4.23. The molecule has 1 saturated carbocycles. The summed E-state index contributed by atoms with van der Waals surface area (Å²) < 4.78 is 0. The summed E-state index contributed by atoms with van der Waals surface area (Å²) in [4.78, 5) is 26.7. The number of aryl methyl sites for hydroxylation is 1. The minimum Gasteiger partial charge on any atom is -0.481 e. The first kappa shape index (κ1) is 12.0. The first-order chi connectivity index (χ1) is 8.08. The maximum atomic E-state index is 11.7. The molecule has 2 atom stereocenters. The van der Waals surface area contributed by atoms with Crippen LogP contribution in [0.15, 0.2) is 5.38 Å². The number of hydrogen-bond acceptors (Lipinski definition) is 4. The average molecular weight is 254 g/mol. The number of aromatic nitrogens is 1. The second-order valence-corrected chi connectivity index (χ2v) is 5.17. The highest BCUT2D eigenvalue weighted by Gasteiger charge is 2.41. The highest BCUT2D eigenvalue weighted by molar-refractivity contribution is 7.09. The Morgan fingerprint density at radius 2 is 2.24 bits per heavy atom. The number of thiazole rings is 1. The molecule has 92 valence electrons. The molecule has 6 heteroatoms. The van der Waals surface area contributed by atoms with E-state index in [2.05, 4.69) is 10.3 Å². The van der Waals surface area contributed by atoms with E-state index >= 15 is 0 Å². The van der Waals surface area contributed by atoms with Crippen molar-refractivity contribution in [2.24, 2.45) is 11.8 Å². The molecule has 0 bridgehead atoms. The molecular weight excluding hydrogens is 240 g/mol. The van der Waals surface area contributed by atoms with Crippen LogP contribution in [0.2, 0.25) is 0 Å². The number of carboxylic acid groups (broad SMARTS) is 1. The molecule has 0 aliphatic heterocycles. The lowest BCUT2D eigenvalue weighted by Gasteiger charge is -2.31. The van der Waals surface area contributed by atoms with Crippen LogP contribution >= 0.6 is 11.3 Å². The van der Waals surface area contributed by atoms with Gasteiger partial charge in [-0.3, -0.25) is 9.59 Å². The van der Waals surface area contributed by atoms with Gasteiger partial charge >= 0.3 is 5.97 Å². The maximum Gasteiger partial charge on any atom is 0.307 e. The van der Waals surface area contributed by atoms with Gasteiger partial charge in [-0.05, 0) is 19.8 Å². The molecule has 1 amide bonds. The topological polar surface area (TPSA) is 79.3 Å². The van der Waals surface area contributed by atoms with Crippen LogP contribution in [0, 0.1) is 18.8 Å². The zero-order valence-electron chi connectivity index (χ0n) is 9.47. The summed E-state index contributed by atoms with van der Waals surface area (Å²) in [5, 5.41) is 14.4. The number of rotatable bonds is 4. The fourth-order valence-corrected chi connectivity index (χ4v) is 2.60. The van der Waals surface area contributed by atoms with E-state index in [4.69, 9.17) is 5.11 Å². The molecule has 0 aromatic carbocycles. The molecule has 5 nitrogen and oxygen atoms in total. The van der Waals surface area contributed by atoms with Gasteiger partial charge in [0.25, 0.3) is 0 Å². The van der Waals surface area contributed by atoms with Gasteiger partial charge in [-0.25, -0.2) is 4.98 Å². The summed E-state index contributed by atoms with van der Waals surface area (Å²) in [5.41, 5.74) is 0.936. The van der Waals surface area contributed by atoms with Crippen molar-refractivity contribution in [3.05, 3.63) is 16.1 Å². The Balaban J connectivity index is 1.84. The molecule has 2 rings (SSSR count). The number of nitrogens with one attached hydrogen (secondary N) is 1. The zero-order valence-corrected chi connectivity index (χ0v) is 10.3. The number of carbonyl (C=O) groups excluding carboxylic acids is 1.